The molecule has 0 radical (unpaired) electrons. The number of hydrogen-bond acceptors (Lipinski definition) is 5. The fourth-order valence-corrected chi connectivity index (χ4v) is 3.78. The Kier molecular flexibility index (Phi) is 6.36. The molecule has 2 aromatic heterocycles. The van der Waals surface area contributed by atoms with E-state index in [0.29, 0.717) is 23.6 Å². The number of nitrogens with zero attached hydrogens (tertiary/aromatic N) is 4. The number of alkyl carbamates (subject to hydrolysis) is 1. The Morgan fingerprint density at radius 3 is 2.62 bits per heavy atom. The van der Waals surface area contributed by atoms with Crippen molar-refractivity contribution in [3.05, 3.63) is 34.7 Å². The molecule has 3 rings (SSSR count). The van der Waals surface area contributed by atoms with Crippen molar-refractivity contribution >= 4 is 23.5 Å². The maximum absolute atomic E-state index is 11.8. The number of anilines is 1. The van der Waals surface area contributed by atoms with Crippen molar-refractivity contribution in [1.82, 2.24) is 19.9 Å². The number of hydrogen-bond donors (Lipinski definition) is 1. The van der Waals surface area contributed by atoms with E-state index in [0.717, 1.165) is 43.1 Å². The van der Waals surface area contributed by atoms with Gasteiger partial charge in [-0.3, -0.25) is 4.57 Å². The fourth-order valence-electron chi connectivity index (χ4n) is 3.61. The first-order chi connectivity index (χ1) is 13.6. The van der Waals surface area contributed by atoms with Crippen LogP contribution < -0.4 is 10.2 Å². The lowest BCUT2D eigenvalue weighted by atomic mass is 10.1. The first-order valence-electron chi connectivity index (χ1n) is 10.0. The minimum absolute atomic E-state index is 0.364. The number of halogens is 1. The van der Waals surface area contributed by atoms with Gasteiger partial charge in [-0.1, -0.05) is 11.6 Å². The van der Waals surface area contributed by atoms with Crippen molar-refractivity contribution in [2.24, 2.45) is 5.92 Å². The largest absolute Gasteiger partial charge is 0.444 e. The molecule has 1 amide bonds. The zero-order valence-corrected chi connectivity index (χ0v) is 18.6. The number of aromatic nitrogens is 3. The van der Waals surface area contributed by atoms with E-state index in [1.54, 1.807) is 0 Å². The summed E-state index contributed by atoms with van der Waals surface area (Å²) in [7, 11) is 0. The van der Waals surface area contributed by atoms with Crippen molar-refractivity contribution in [2.45, 2.75) is 53.1 Å². The standard InChI is InChI=1S/C21H30ClN5O2/c1-14-6-7-15(2)27(14)19-24-17(22)12-18(25-19)26-11-9-16(13-26)8-10-23-20(28)29-21(3,4)5/h6-7,12,16H,8-11,13H2,1-5H3,(H,23,28)/t16-/m1/s1. The molecule has 1 saturated heterocycles. The summed E-state index contributed by atoms with van der Waals surface area (Å²) in [6.45, 7) is 12.0. The number of amides is 1. The van der Waals surface area contributed by atoms with Gasteiger partial charge in [0.25, 0.3) is 0 Å². The summed E-state index contributed by atoms with van der Waals surface area (Å²) in [5.41, 5.74) is 1.67. The molecule has 8 heteroatoms. The van der Waals surface area contributed by atoms with Gasteiger partial charge in [0.2, 0.25) is 5.95 Å². The van der Waals surface area contributed by atoms with Crippen LogP contribution >= 0.6 is 11.6 Å². The molecule has 0 aliphatic carbocycles. The van der Waals surface area contributed by atoms with E-state index in [-0.39, 0.29) is 6.09 Å². The Labute approximate surface area is 177 Å². The summed E-state index contributed by atoms with van der Waals surface area (Å²) in [6.07, 6.45) is 1.59. The van der Waals surface area contributed by atoms with Gasteiger partial charge in [-0.25, -0.2) is 9.78 Å². The molecule has 0 unspecified atom stereocenters. The highest BCUT2D eigenvalue weighted by Crippen LogP contribution is 2.27. The lowest BCUT2D eigenvalue weighted by molar-refractivity contribution is 0.0525. The van der Waals surface area contributed by atoms with Gasteiger partial charge in [0.1, 0.15) is 16.6 Å². The maximum atomic E-state index is 11.8. The van der Waals surface area contributed by atoms with Gasteiger partial charge in [-0.05, 0) is 65.5 Å². The molecule has 7 nitrogen and oxygen atoms in total. The van der Waals surface area contributed by atoms with Crippen molar-refractivity contribution in [2.75, 3.05) is 24.5 Å². The van der Waals surface area contributed by atoms with Crippen LogP contribution in [0.15, 0.2) is 18.2 Å². The van der Waals surface area contributed by atoms with Gasteiger partial charge in [0, 0.05) is 37.1 Å². The van der Waals surface area contributed by atoms with Crippen LogP contribution in [0.1, 0.15) is 45.0 Å². The van der Waals surface area contributed by atoms with Crippen molar-refractivity contribution in [3.8, 4) is 5.95 Å². The highest BCUT2D eigenvalue weighted by Gasteiger charge is 2.25. The van der Waals surface area contributed by atoms with Crippen LogP contribution in [-0.4, -0.2) is 45.9 Å². The second-order valence-electron chi connectivity index (χ2n) is 8.62. The third kappa shape index (κ3) is 5.63. The minimum Gasteiger partial charge on any atom is -0.444 e. The molecule has 1 fully saturated rings. The quantitative estimate of drug-likeness (QED) is 0.732. The Bertz CT molecular complexity index is 855. The van der Waals surface area contributed by atoms with E-state index >= 15 is 0 Å². The number of nitrogens with one attached hydrogen (secondary N) is 1. The van der Waals surface area contributed by atoms with E-state index in [9.17, 15) is 4.79 Å². The predicted octanol–water partition coefficient (Wildman–Crippen LogP) is 4.28. The van der Waals surface area contributed by atoms with Crippen LogP contribution in [0, 0.1) is 19.8 Å². The Hall–Kier alpha value is -2.28. The summed E-state index contributed by atoms with van der Waals surface area (Å²) in [5.74, 6) is 1.93. The molecular formula is C21H30ClN5O2. The fraction of sp³-hybridized carbons (Fsp3) is 0.571. The van der Waals surface area contributed by atoms with Gasteiger partial charge in [0.05, 0.1) is 0 Å². The highest BCUT2D eigenvalue weighted by atomic mass is 35.5. The lowest BCUT2D eigenvalue weighted by Crippen LogP contribution is -2.33. The van der Waals surface area contributed by atoms with Crippen LogP contribution in [-0.2, 0) is 4.74 Å². The number of carbonyl (C=O) groups is 1. The molecular weight excluding hydrogens is 390 g/mol. The zero-order chi connectivity index (χ0) is 21.2. The van der Waals surface area contributed by atoms with Crippen molar-refractivity contribution in [1.29, 1.82) is 0 Å². The van der Waals surface area contributed by atoms with Crippen LogP contribution in [0.25, 0.3) is 5.95 Å². The monoisotopic (exact) mass is 419 g/mol. The third-order valence-corrected chi connectivity index (χ3v) is 5.16. The van der Waals surface area contributed by atoms with E-state index < -0.39 is 5.60 Å². The zero-order valence-electron chi connectivity index (χ0n) is 17.8. The Morgan fingerprint density at radius 2 is 1.97 bits per heavy atom. The second kappa shape index (κ2) is 8.61. The Morgan fingerprint density at radius 1 is 1.28 bits per heavy atom. The maximum Gasteiger partial charge on any atom is 0.407 e. The van der Waals surface area contributed by atoms with Crippen LogP contribution in [0.5, 0.6) is 0 Å². The molecule has 1 N–H and O–H groups in total. The average molecular weight is 420 g/mol. The number of carbonyl (C=O) groups excluding carboxylic acids is 1. The molecule has 0 bridgehead atoms. The molecule has 29 heavy (non-hydrogen) atoms. The van der Waals surface area contributed by atoms with E-state index in [1.807, 2.05) is 57.4 Å². The average Bonchev–Trinajstić information content (AvgIpc) is 3.19. The molecule has 0 spiro atoms. The molecule has 1 atom stereocenters. The Balaban J connectivity index is 1.60. The SMILES string of the molecule is Cc1ccc(C)n1-c1nc(Cl)cc(N2CC[C@@H](CCNC(=O)OC(C)(C)C)C2)n1. The van der Waals surface area contributed by atoms with Gasteiger partial charge in [-0.15, -0.1) is 0 Å². The highest BCUT2D eigenvalue weighted by molar-refractivity contribution is 6.29. The van der Waals surface area contributed by atoms with E-state index in [2.05, 4.69) is 15.2 Å². The third-order valence-electron chi connectivity index (χ3n) is 4.97. The normalized spacial score (nSPS) is 16.9. The first-order valence-corrected chi connectivity index (χ1v) is 10.4. The van der Waals surface area contributed by atoms with Crippen LogP contribution in [0.2, 0.25) is 5.15 Å². The first kappa shape index (κ1) is 21.4. The smallest absolute Gasteiger partial charge is 0.407 e. The van der Waals surface area contributed by atoms with E-state index in [4.69, 9.17) is 21.3 Å². The summed E-state index contributed by atoms with van der Waals surface area (Å²) in [6, 6.07) is 5.91. The van der Waals surface area contributed by atoms with Crippen molar-refractivity contribution < 1.29 is 9.53 Å². The molecule has 158 valence electrons. The minimum atomic E-state index is -0.478. The molecule has 1 aliphatic heterocycles. The molecule has 3 heterocycles. The summed E-state index contributed by atoms with van der Waals surface area (Å²) in [4.78, 5) is 23.2. The molecule has 0 aromatic carbocycles. The van der Waals surface area contributed by atoms with Crippen LogP contribution in [0.4, 0.5) is 10.6 Å². The summed E-state index contributed by atoms with van der Waals surface area (Å²) < 4.78 is 7.29. The molecule has 1 aliphatic rings. The van der Waals surface area contributed by atoms with E-state index in [1.165, 1.54) is 0 Å². The van der Waals surface area contributed by atoms with Gasteiger partial charge >= 0.3 is 6.09 Å². The van der Waals surface area contributed by atoms with Crippen molar-refractivity contribution in [3.63, 3.8) is 0 Å². The van der Waals surface area contributed by atoms with Gasteiger partial charge in [0.15, 0.2) is 0 Å². The molecule has 2 aromatic rings. The summed E-state index contributed by atoms with van der Waals surface area (Å²) in [5, 5.41) is 3.28. The number of rotatable bonds is 5. The van der Waals surface area contributed by atoms with Crippen LogP contribution in [0.3, 0.4) is 0 Å². The predicted molar refractivity (Wildman–Crippen MR) is 115 cm³/mol. The number of aryl methyl sites for hydroxylation is 2. The molecule has 0 saturated carbocycles. The number of ether oxygens (including phenoxy) is 1. The topological polar surface area (TPSA) is 72.3 Å². The summed E-state index contributed by atoms with van der Waals surface area (Å²) >= 11 is 6.31. The van der Waals surface area contributed by atoms with Gasteiger partial charge < -0.3 is 15.0 Å². The second-order valence-corrected chi connectivity index (χ2v) is 9.01. The lowest BCUT2D eigenvalue weighted by Gasteiger charge is -2.20. The van der Waals surface area contributed by atoms with Gasteiger partial charge in [-0.2, -0.15) is 4.98 Å².